The quantitative estimate of drug-likeness (QED) is 0.873. The lowest BCUT2D eigenvalue weighted by Gasteiger charge is -2.25. The van der Waals surface area contributed by atoms with Crippen molar-refractivity contribution in [3.8, 4) is 0 Å². The van der Waals surface area contributed by atoms with E-state index < -0.39 is 10.0 Å². The van der Waals surface area contributed by atoms with Crippen LogP contribution in [0.3, 0.4) is 0 Å². The van der Waals surface area contributed by atoms with Gasteiger partial charge in [-0.15, -0.1) is 0 Å². The van der Waals surface area contributed by atoms with Gasteiger partial charge in [0.05, 0.1) is 4.90 Å². The number of hydrogen-bond donors (Lipinski definition) is 1. The lowest BCUT2D eigenvalue weighted by atomic mass is 9.86. The molecule has 0 radical (unpaired) electrons. The molecule has 0 aliphatic heterocycles. The second-order valence-electron chi connectivity index (χ2n) is 6.27. The second kappa shape index (κ2) is 6.72. The summed E-state index contributed by atoms with van der Waals surface area (Å²) in [5.74, 6) is 1.25. The van der Waals surface area contributed by atoms with Gasteiger partial charge in [0.2, 0.25) is 10.0 Å². The van der Waals surface area contributed by atoms with Gasteiger partial charge in [0.1, 0.15) is 0 Å². The highest BCUT2D eigenvalue weighted by molar-refractivity contribution is 7.89. The van der Waals surface area contributed by atoms with Crippen LogP contribution in [0.4, 0.5) is 0 Å². The number of nitrogens with one attached hydrogen (secondary N) is 1. The summed E-state index contributed by atoms with van der Waals surface area (Å²) in [4.78, 5) is 0.392. The average Bonchev–Trinajstić information content (AvgIpc) is 2.31. The molecule has 0 aliphatic carbocycles. The summed E-state index contributed by atoms with van der Waals surface area (Å²) >= 11 is 0. The summed E-state index contributed by atoms with van der Waals surface area (Å²) in [5, 5.41) is 0. The Hall–Kier alpha value is -0.870. The maximum Gasteiger partial charge on any atom is 0.240 e. The van der Waals surface area contributed by atoms with Crippen LogP contribution in [0.5, 0.6) is 0 Å². The molecule has 1 aromatic carbocycles. The highest BCUT2D eigenvalue weighted by atomic mass is 32.2. The van der Waals surface area contributed by atoms with Gasteiger partial charge >= 0.3 is 0 Å². The maximum absolute atomic E-state index is 12.4. The average molecular weight is 297 g/mol. The Morgan fingerprint density at radius 3 is 2.10 bits per heavy atom. The Balaban J connectivity index is 2.93. The van der Waals surface area contributed by atoms with Gasteiger partial charge in [-0.3, -0.25) is 0 Å². The first kappa shape index (κ1) is 17.2. The molecule has 114 valence electrons. The van der Waals surface area contributed by atoms with Gasteiger partial charge in [-0.2, -0.15) is 0 Å². The topological polar surface area (TPSA) is 46.2 Å². The van der Waals surface area contributed by atoms with E-state index in [2.05, 4.69) is 32.4 Å². The van der Waals surface area contributed by atoms with Gasteiger partial charge in [-0.25, -0.2) is 13.1 Å². The molecule has 0 amide bonds. The van der Waals surface area contributed by atoms with E-state index >= 15 is 0 Å². The third-order valence-corrected chi connectivity index (χ3v) is 5.42. The Morgan fingerprint density at radius 1 is 1.05 bits per heavy atom. The van der Waals surface area contributed by atoms with Gasteiger partial charge in [0, 0.05) is 6.54 Å². The van der Waals surface area contributed by atoms with Gasteiger partial charge in [-0.05, 0) is 48.8 Å². The predicted octanol–water partition coefficient (Wildman–Crippen LogP) is 3.51. The van der Waals surface area contributed by atoms with Crippen molar-refractivity contribution in [3.05, 3.63) is 29.3 Å². The fraction of sp³-hybridized carbons (Fsp3) is 0.625. The zero-order valence-corrected chi connectivity index (χ0v) is 14.2. The van der Waals surface area contributed by atoms with Crippen LogP contribution in [0.15, 0.2) is 23.1 Å². The van der Waals surface area contributed by atoms with Crippen LogP contribution in [0.25, 0.3) is 0 Å². The fourth-order valence-corrected chi connectivity index (χ4v) is 3.92. The summed E-state index contributed by atoms with van der Waals surface area (Å²) in [6.45, 7) is 12.8. The van der Waals surface area contributed by atoms with E-state index in [1.165, 1.54) is 0 Å². The minimum absolute atomic E-state index is 0.342. The van der Waals surface area contributed by atoms with Crippen LogP contribution in [-0.4, -0.2) is 15.0 Å². The van der Waals surface area contributed by atoms with Crippen LogP contribution in [-0.2, 0) is 10.0 Å². The minimum Gasteiger partial charge on any atom is -0.211 e. The SMILES string of the molecule is Cc1ccc(C)c(S(=O)(=O)NCC(C(C)C)C(C)C)c1. The smallest absolute Gasteiger partial charge is 0.211 e. The highest BCUT2D eigenvalue weighted by Crippen LogP contribution is 2.21. The first-order valence-electron chi connectivity index (χ1n) is 7.22. The maximum atomic E-state index is 12.4. The zero-order chi connectivity index (χ0) is 15.5. The molecule has 0 atom stereocenters. The summed E-state index contributed by atoms with van der Waals surface area (Å²) in [6.07, 6.45) is 0. The number of aryl methyl sites for hydroxylation is 2. The van der Waals surface area contributed by atoms with Crippen molar-refractivity contribution in [2.75, 3.05) is 6.54 Å². The molecule has 1 N–H and O–H groups in total. The van der Waals surface area contributed by atoms with E-state index in [9.17, 15) is 8.42 Å². The van der Waals surface area contributed by atoms with E-state index in [1.54, 1.807) is 6.07 Å². The minimum atomic E-state index is -3.43. The van der Waals surface area contributed by atoms with Gasteiger partial charge < -0.3 is 0 Å². The lowest BCUT2D eigenvalue weighted by molar-refractivity contribution is 0.289. The number of hydrogen-bond acceptors (Lipinski definition) is 2. The van der Waals surface area contributed by atoms with E-state index in [0.717, 1.165) is 11.1 Å². The number of rotatable bonds is 6. The zero-order valence-electron chi connectivity index (χ0n) is 13.4. The Morgan fingerprint density at radius 2 is 1.60 bits per heavy atom. The third kappa shape index (κ3) is 4.32. The molecule has 1 rings (SSSR count). The van der Waals surface area contributed by atoms with Crippen molar-refractivity contribution >= 4 is 10.0 Å². The van der Waals surface area contributed by atoms with E-state index in [4.69, 9.17) is 0 Å². The van der Waals surface area contributed by atoms with Crippen LogP contribution in [0, 0.1) is 31.6 Å². The molecule has 3 nitrogen and oxygen atoms in total. The van der Waals surface area contributed by atoms with Crippen molar-refractivity contribution in [3.63, 3.8) is 0 Å². The van der Waals surface area contributed by atoms with Crippen LogP contribution >= 0.6 is 0 Å². The number of sulfonamides is 1. The van der Waals surface area contributed by atoms with E-state index in [0.29, 0.717) is 29.2 Å². The molecule has 1 aromatic rings. The molecule has 0 unspecified atom stereocenters. The van der Waals surface area contributed by atoms with Gasteiger partial charge in [0.25, 0.3) is 0 Å². The first-order chi connectivity index (χ1) is 9.15. The molecule has 20 heavy (non-hydrogen) atoms. The normalized spacial score (nSPS) is 12.7. The molecule has 0 fully saturated rings. The molecular formula is C16H27NO2S. The molecule has 0 aliphatic rings. The molecule has 0 aromatic heterocycles. The van der Waals surface area contributed by atoms with Gasteiger partial charge in [0.15, 0.2) is 0 Å². The summed E-state index contributed by atoms with van der Waals surface area (Å²) in [5.41, 5.74) is 1.74. The van der Waals surface area contributed by atoms with Crippen molar-refractivity contribution in [1.82, 2.24) is 4.72 Å². The molecule has 0 bridgehead atoms. The predicted molar refractivity (Wildman–Crippen MR) is 84.3 cm³/mol. The summed E-state index contributed by atoms with van der Waals surface area (Å²) in [7, 11) is -3.43. The standard InChI is InChI=1S/C16H27NO2S/c1-11(2)15(12(3)4)10-17-20(18,19)16-9-13(5)7-8-14(16)6/h7-9,11-12,15,17H,10H2,1-6H3. The second-order valence-corrected chi connectivity index (χ2v) is 8.01. The number of benzene rings is 1. The Labute approximate surface area is 123 Å². The van der Waals surface area contributed by atoms with Crippen LogP contribution < -0.4 is 4.72 Å². The largest absolute Gasteiger partial charge is 0.240 e. The molecular weight excluding hydrogens is 270 g/mol. The molecule has 0 spiro atoms. The Bertz CT molecular complexity index is 540. The Kier molecular flexibility index (Phi) is 5.78. The molecule has 0 heterocycles. The van der Waals surface area contributed by atoms with Crippen molar-refractivity contribution in [2.45, 2.75) is 46.4 Å². The van der Waals surface area contributed by atoms with E-state index in [-0.39, 0.29) is 0 Å². The van der Waals surface area contributed by atoms with Gasteiger partial charge in [-0.1, -0.05) is 39.8 Å². The molecule has 0 saturated heterocycles. The van der Waals surface area contributed by atoms with Crippen LogP contribution in [0.1, 0.15) is 38.8 Å². The monoisotopic (exact) mass is 297 g/mol. The van der Waals surface area contributed by atoms with Crippen molar-refractivity contribution in [1.29, 1.82) is 0 Å². The highest BCUT2D eigenvalue weighted by Gasteiger charge is 2.22. The molecule has 4 heteroatoms. The lowest BCUT2D eigenvalue weighted by Crippen LogP contribution is -2.34. The van der Waals surface area contributed by atoms with Crippen LogP contribution in [0.2, 0.25) is 0 Å². The van der Waals surface area contributed by atoms with E-state index in [1.807, 2.05) is 26.0 Å². The summed E-state index contributed by atoms with van der Waals surface area (Å²) < 4.78 is 27.7. The van der Waals surface area contributed by atoms with Crippen molar-refractivity contribution < 1.29 is 8.42 Å². The molecule has 0 saturated carbocycles. The van der Waals surface area contributed by atoms with Crippen molar-refractivity contribution in [2.24, 2.45) is 17.8 Å². The fourth-order valence-electron chi connectivity index (χ4n) is 2.52. The third-order valence-electron chi connectivity index (χ3n) is 3.85. The first-order valence-corrected chi connectivity index (χ1v) is 8.70. The summed E-state index contributed by atoms with van der Waals surface area (Å²) in [6, 6.07) is 5.52.